The van der Waals surface area contributed by atoms with E-state index in [-0.39, 0.29) is 0 Å². The molecule has 0 spiro atoms. The predicted octanol–water partition coefficient (Wildman–Crippen LogP) is 3.10. The molecule has 0 saturated carbocycles. The van der Waals surface area contributed by atoms with Gasteiger partial charge in [0.1, 0.15) is 5.69 Å². The molecule has 0 saturated heterocycles. The summed E-state index contributed by atoms with van der Waals surface area (Å²) in [5.74, 6) is -1.23. The number of para-hydroxylation sites is 3. The van der Waals surface area contributed by atoms with Gasteiger partial charge in [0.05, 0.1) is 24.2 Å². The first-order valence-corrected chi connectivity index (χ1v) is 8.32. The van der Waals surface area contributed by atoms with Crippen LogP contribution < -0.4 is 4.90 Å². The van der Waals surface area contributed by atoms with Gasteiger partial charge in [-0.05, 0) is 30.2 Å². The Bertz CT molecular complexity index is 1040. The number of carbonyl (C=O) groups excluding carboxylic acids is 1. The van der Waals surface area contributed by atoms with E-state index in [1.54, 1.807) is 0 Å². The second-order valence-corrected chi connectivity index (χ2v) is 6.04. The van der Waals surface area contributed by atoms with E-state index < -0.39 is 11.9 Å². The van der Waals surface area contributed by atoms with Crippen LogP contribution in [-0.4, -0.2) is 29.6 Å². The summed E-state index contributed by atoms with van der Waals surface area (Å²) >= 11 is 0. The van der Waals surface area contributed by atoms with Gasteiger partial charge in [-0.25, -0.2) is 9.97 Å². The normalized spacial score (nSPS) is 13.9. The number of hydrogen-bond donors (Lipinski definition) is 0. The van der Waals surface area contributed by atoms with Crippen LogP contribution in [0.3, 0.4) is 0 Å². The highest BCUT2D eigenvalue weighted by Gasteiger charge is 2.32. The lowest BCUT2D eigenvalue weighted by molar-refractivity contribution is -0.141. The Kier molecular flexibility index (Phi) is 3.98. The van der Waals surface area contributed by atoms with E-state index in [1.165, 1.54) is 12.7 Å². The number of nitriles is 1. The van der Waals surface area contributed by atoms with E-state index in [0.717, 1.165) is 24.2 Å². The van der Waals surface area contributed by atoms with E-state index in [0.29, 0.717) is 17.0 Å². The minimum atomic E-state index is -1.13. The maximum atomic E-state index is 12.2. The third-order valence-corrected chi connectivity index (χ3v) is 4.56. The van der Waals surface area contributed by atoms with Gasteiger partial charge in [-0.15, -0.1) is 0 Å². The van der Waals surface area contributed by atoms with Crippen LogP contribution in [0.25, 0.3) is 11.0 Å². The maximum absolute atomic E-state index is 12.2. The first kappa shape index (κ1) is 16.0. The summed E-state index contributed by atoms with van der Waals surface area (Å²) in [6.45, 7) is 0.721. The van der Waals surface area contributed by atoms with Gasteiger partial charge in [0.15, 0.2) is 11.7 Å². The quantitative estimate of drug-likeness (QED) is 0.679. The van der Waals surface area contributed by atoms with Crippen LogP contribution >= 0.6 is 0 Å². The van der Waals surface area contributed by atoms with Gasteiger partial charge in [0, 0.05) is 12.2 Å². The highest BCUT2D eigenvalue weighted by atomic mass is 16.5. The summed E-state index contributed by atoms with van der Waals surface area (Å²) in [5.41, 5.74) is 3.93. The molecule has 1 aromatic heterocycles. The molecule has 0 radical (unpaired) electrons. The average Bonchev–Trinajstić information content (AvgIpc) is 3.12. The first-order valence-electron chi connectivity index (χ1n) is 8.32. The van der Waals surface area contributed by atoms with Crippen molar-refractivity contribution in [2.75, 3.05) is 18.6 Å². The van der Waals surface area contributed by atoms with Crippen LogP contribution in [0.4, 0.5) is 11.5 Å². The van der Waals surface area contributed by atoms with Crippen molar-refractivity contribution in [2.24, 2.45) is 0 Å². The van der Waals surface area contributed by atoms with Crippen LogP contribution in [0, 0.1) is 11.3 Å². The van der Waals surface area contributed by atoms with E-state index in [9.17, 15) is 10.1 Å². The van der Waals surface area contributed by atoms with E-state index in [2.05, 4.69) is 11.1 Å². The fourth-order valence-corrected chi connectivity index (χ4v) is 3.30. The Morgan fingerprint density at radius 1 is 1.15 bits per heavy atom. The molecule has 0 amide bonds. The van der Waals surface area contributed by atoms with Gasteiger partial charge < -0.3 is 9.64 Å². The van der Waals surface area contributed by atoms with Crippen LogP contribution in [0.1, 0.15) is 17.2 Å². The molecule has 0 bridgehead atoms. The molecule has 1 aliphatic rings. The van der Waals surface area contributed by atoms with Crippen molar-refractivity contribution >= 4 is 28.5 Å². The Morgan fingerprint density at radius 2 is 1.85 bits per heavy atom. The molecule has 6 nitrogen and oxygen atoms in total. The molecule has 26 heavy (non-hydrogen) atoms. The zero-order valence-electron chi connectivity index (χ0n) is 14.2. The van der Waals surface area contributed by atoms with E-state index in [1.807, 2.05) is 53.4 Å². The van der Waals surface area contributed by atoms with Crippen molar-refractivity contribution in [2.45, 2.75) is 12.3 Å². The van der Waals surface area contributed by atoms with Gasteiger partial charge in [0.2, 0.25) is 0 Å². The summed E-state index contributed by atoms with van der Waals surface area (Å²) in [7, 11) is 1.27. The predicted molar refractivity (Wildman–Crippen MR) is 97.1 cm³/mol. The van der Waals surface area contributed by atoms with Crippen molar-refractivity contribution in [3.63, 3.8) is 0 Å². The molecule has 0 N–H and O–H groups in total. The van der Waals surface area contributed by atoms with Crippen molar-refractivity contribution < 1.29 is 9.53 Å². The lowest BCUT2D eigenvalue weighted by Gasteiger charge is -2.22. The Balaban J connectivity index is 1.94. The number of nitrogens with zero attached hydrogens (tertiary/aromatic N) is 4. The smallest absolute Gasteiger partial charge is 0.329 e. The lowest BCUT2D eigenvalue weighted by Crippen LogP contribution is -2.22. The topological polar surface area (TPSA) is 79.1 Å². The number of methoxy groups -OCH3 is 1. The van der Waals surface area contributed by atoms with Gasteiger partial charge in [-0.2, -0.15) is 5.26 Å². The van der Waals surface area contributed by atoms with E-state index in [4.69, 9.17) is 9.72 Å². The third kappa shape index (κ3) is 2.54. The van der Waals surface area contributed by atoms with Crippen LogP contribution in [0.15, 0.2) is 48.5 Å². The standard InChI is InChI=1S/C20H16N4O2/c1-26-20(25)14(12-21)18-19(23-16-8-4-3-7-15(16)22-18)24-11-10-13-6-2-5-9-17(13)24/h2-9,14H,10-11H2,1H3. The number of ether oxygens (including phenoxy) is 1. The van der Waals surface area contributed by atoms with Crippen LogP contribution in [-0.2, 0) is 16.0 Å². The Labute approximate surface area is 150 Å². The summed E-state index contributed by atoms with van der Waals surface area (Å²) in [5, 5.41) is 9.58. The minimum absolute atomic E-state index is 0.328. The van der Waals surface area contributed by atoms with E-state index >= 15 is 0 Å². The van der Waals surface area contributed by atoms with Crippen molar-refractivity contribution in [1.82, 2.24) is 9.97 Å². The summed E-state index contributed by atoms with van der Waals surface area (Å²) < 4.78 is 4.81. The Morgan fingerprint density at radius 3 is 2.58 bits per heavy atom. The number of benzene rings is 2. The second kappa shape index (κ2) is 6.45. The van der Waals surface area contributed by atoms with Gasteiger partial charge in [-0.3, -0.25) is 4.79 Å². The van der Waals surface area contributed by atoms with Crippen molar-refractivity contribution in [1.29, 1.82) is 5.26 Å². The molecule has 4 rings (SSSR count). The molecule has 0 fully saturated rings. The summed E-state index contributed by atoms with van der Waals surface area (Å²) in [4.78, 5) is 23.5. The summed E-state index contributed by atoms with van der Waals surface area (Å²) in [6.07, 6.45) is 0.875. The number of aromatic nitrogens is 2. The summed E-state index contributed by atoms with van der Waals surface area (Å²) in [6, 6.07) is 17.5. The fraction of sp³-hybridized carbons (Fsp3) is 0.200. The molecular weight excluding hydrogens is 328 g/mol. The number of esters is 1. The third-order valence-electron chi connectivity index (χ3n) is 4.56. The number of hydrogen-bond acceptors (Lipinski definition) is 6. The average molecular weight is 344 g/mol. The number of anilines is 2. The van der Waals surface area contributed by atoms with Crippen molar-refractivity contribution in [3.05, 3.63) is 59.8 Å². The molecular formula is C20H16N4O2. The maximum Gasteiger partial charge on any atom is 0.329 e. The highest BCUT2D eigenvalue weighted by Crippen LogP contribution is 2.37. The zero-order valence-corrected chi connectivity index (χ0v) is 14.2. The molecule has 2 heterocycles. The fourth-order valence-electron chi connectivity index (χ4n) is 3.30. The largest absolute Gasteiger partial charge is 0.468 e. The molecule has 3 aromatic rings. The first-order chi connectivity index (χ1) is 12.7. The molecule has 1 aliphatic heterocycles. The molecule has 128 valence electrons. The van der Waals surface area contributed by atoms with Gasteiger partial charge in [-0.1, -0.05) is 30.3 Å². The molecule has 0 aliphatic carbocycles. The number of rotatable bonds is 3. The van der Waals surface area contributed by atoms with Crippen LogP contribution in [0.5, 0.6) is 0 Å². The monoisotopic (exact) mass is 344 g/mol. The minimum Gasteiger partial charge on any atom is -0.468 e. The molecule has 1 unspecified atom stereocenters. The zero-order chi connectivity index (χ0) is 18.1. The highest BCUT2D eigenvalue weighted by molar-refractivity contribution is 5.86. The van der Waals surface area contributed by atoms with Gasteiger partial charge >= 0.3 is 5.97 Å². The SMILES string of the molecule is COC(=O)C(C#N)c1nc2ccccc2nc1N1CCc2ccccc21. The Hall–Kier alpha value is -3.46. The lowest BCUT2D eigenvalue weighted by atomic mass is 10.1. The second-order valence-electron chi connectivity index (χ2n) is 6.04. The molecule has 6 heteroatoms. The molecule has 1 atom stereocenters. The van der Waals surface area contributed by atoms with Crippen molar-refractivity contribution in [3.8, 4) is 6.07 Å². The number of carbonyl (C=O) groups is 1. The van der Waals surface area contributed by atoms with Crippen LogP contribution in [0.2, 0.25) is 0 Å². The van der Waals surface area contributed by atoms with Gasteiger partial charge in [0.25, 0.3) is 0 Å². The molecule has 2 aromatic carbocycles. The number of fused-ring (bicyclic) bond motifs is 2.